The lowest BCUT2D eigenvalue weighted by Crippen LogP contribution is -2.45. The molecule has 0 atom stereocenters. The quantitative estimate of drug-likeness (QED) is 0.552. The van der Waals surface area contributed by atoms with E-state index in [1.54, 1.807) is 6.20 Å². The Bertz CT molecular complexity index is 751. The molecule has 2 aliphatic rings. The monoisotopic (exact) mass is 414 g/mol. The first-order valence-corrected chi connectivity index (χ1v) is 11.1. The summed E-state index contributed by atoms with van der Waals surface area (Å²) >= 11 is 0. The van der Waals surface area contributed by atoms with E-state index in [1.807, 2.05) is 6.20 Å². The van der Waals surface area contributed by atoms with Gasteiger partial charge in [0, 0.05) is 77.7 Å². The zero-order chi connectivity index (χ0) is 20.6. The molecule has 0 bridgehead atoms. The van der Waals surface area contributed by atoms with Crippen LogP contribution >= 0.6 is 0 Å². The molecule has 2 aliphatic heterocycles. The molecule has 30 heavy (non-hydrogen) atoms. The third-order valence-electron chi connectivity index (χ3n) is 5.77. The average Bonchev–Trinajstić information content (AvgIpc) is 3.29. The van der Waals surface area contributed by atoms with Crippen LogP contribution in [0.3, 0.4) is 0 Å². The highest BCUT2D eigenvalue weighted by molar-refractivity contribution is 5.44. The van der Waals surface area contributed by atoms with Crippen molar-refractivity contribution >= 4 is 17.8 Å². The zero-order valence-electron chi connectivity index (χ0n) is 18.0. The van der Waals surface area contributed by atoms with Crippen LogP contribution in [0.2, 0.25) is 0 Å². The lowest BCUT2D eigenvalue weighted by molar-refractivity contribution is 0.158. The third-order valence-corrected chi connectivity index (χ3v) is 5.77. The molecule has 10 nitrogen and oxygen atoms in total. The molecule has 4 rings (SSSR count). The minimum absolute atomic E-state index is 0.624. The first-order chi connectivity index (χ1) is 14.8. The molecule has 2 saturated heterocycles. The van der Waals surface area contributed by atoms with Gasteiger partial charge in [-0.15, -0.1) is 0 Å². The number of nitrogens with zero attached hydrogens (tertiary/aromatic N) is 7. The molecule has 10 heteroatoms. The van der Waals surface area contributed by atoms with E-state index in [-0.39, 0.29) is 0 Å². The van der Waals surface area contributed by atoms with Gasteiger partial charge in [-0.3, -0.25) is 4.90 Å². The number of nitrogens with one attached hydrogen (secondary N) is 3. The summed E-state index contributed by atoms with van der Waals surface area (Å²) in [5, 5.41) is 6.77. The summed E-state index contributed by atoms with van der Waals surface area (Å²) in [4.78, 5) is 28.6. The first-order valence-electron chi connectivity index (χ1n) is 11.1. The topological polar surface area (TPSA) is 101 Å². The highest BCUT2D eigenvalue weighted by Gasteiger charge is 2.17. The Morgan fingerprint density at radius 3 is 2.33 bits per heavy atom. The van der Waals surface area contributed by atoms with E-state index in [4.69, 9.17) is 4.98 Å². The summed E-state index contributed by atoms with van der Waals surface area (Å²) in [6, 6.07) is 0. The number of imidazole rings is 1. The van der Waals surface area contributed by atoms with Crippen LogP contribution in [-0.2, 0) is 6.42 Å². The maximum Gasteiger partial charge on any atom is 0.231 e. The van der Waals surface area contributed by atoms with Gasteiger partial charge < -0.3 is 25.4 Å². The van der Waals surface area contributed by atoms with Crippen LogP contribution in [0.5, 0.6) is 0 Å². The van der Waals surface area contributed by atoms with E-state index in [0.29, 0.717) is 11.9 Å². The smallest absolute Gasteiger partial charge is 0.231 e. The van der Waals surface area contributed by atoms with Gasteiger partial charge in [-0.1, -0.05) is 0 Å². The predicted octanol–water partition coefficient (Wildman–Crippen LogP) is 0.899. The third kappa shape index (κ3) is 6.02. The van der Waals surface area contributed by atoms with Crippen LogP contribution in [0.4, 0.5) is 17.8 Å². The molecule has 0 unspecified atom stereocenters. The summed E-state index contributed by atoms with van der Waals surface area (Å²) in [6.45, 7) is 9.08. The number of H-pyrrole nitrogens is 1. The fourth-order valence-electron chi connectivity index (χ4n) is 3.88. The minimum Gasteiger partial charge on any atom is -0.354 e. The molecule has 0 spiro atoms. The van der Waals surface area contributed by atoms with Crippen molar-refractivity contribution in [1.82, 2.24) is 34.7 Å². The lowest BCUT2D eigenvalue weighted by Gasteiger charge is -2.32. The number of aromatic amines is 1. The first kappa shape index (κ1) is 20.8. The van der Waals surface area contributed by atoms with Gasteiger partial charge >= 0.3 is 0 Å². The SMILES string of the molecule is CN1CCN(CCNc2nc(NCCc3ncc[nH]3)nc(N3CCCCC3)n2)CC1. The van der Waals surface area contributed by atoms with Crippen LogP contribution in [-0.4, -0.2) is 101 Å². The van der Waals surface area contributed by atoms with Gasteiger partial charge in [-0.2, -0.15) is 15.0 Å². The van der Waals surface area contributed by atoms with Crippen molar-refractivity contribution in [1.29, 1.82) is 0 Å². The second-order valence-corrected chi connectivity index (χ2v) is 8.11. The Labute approximate surface area is 178 Å². The van der Waals surface area contributed by atoms with Gasteiger partial charge in [-0.25, -0.2) is 4.98 Å². The summed E-state index contributed by atoms with van der Waals surface area (Å²) in [6.07, 6.45) is 8.08. The standard InChI is InChI=1S/C20H34N10/c1-28-13-15-29(16-14-28)12-9-24-19-25-18(23-6-5-17-21-7-8-22-17)26-20(27-19)30-10-3-2-4-11-30/h7-8H,2-6,9-16H2,1H3,(H,21,22)(H2,23,24,25,26,27). The molecule has 0 aliphatic carbocycles. The molecule has 0 radical (unpaired) electrons. The van der Waals surface area contributed by atoms with Crippen molar-refractivity contribution in [3.8, 4) is 0 Å². The highest BCUT2D eigenvalue weighted by atomic mass is 15.3. The average molecular weight is 415 g/mol. The van der Waals surface area contributed by atoms with Gasteiger partial charge in [0.05, 0.1) is 0 Å². The van der Waals surface area contributed by atoms with Crippen molar-refractivity contribution in [2.45, 2.75) is 25.7 Å². The van der Waals surface area contributed by atoms with Crippen molar-refractivity contribution in [2.75, 3.05) is 81.5 Å². The molecule has 3 N–H and O–H groups in total. The number of hydrogen-bond acceptors (Lipinski definition) is 9. The molecular formula is C20H34N10. The summed E-state index contributed by atoms with van der Waals surface area (Å²) in [5.41, 5.74) is 0. The zero-order valence-corrected chi connectivity index (χ0v) is 18.0. The number of aromatic nitrogens is 5. The molecule has 4 heterocycles. The van der Waals surface area contributed by atoms with Crippen molar-refractivity contribution in [2.24, 2.45) is 0 Å². The number of piperidine rings is 1. The van der Waals surface area contributed by atoms with Crippen molar-refractivity contribution < 1.29 is 0 Å². The summed E-state index contributed by atoms with van der Waals surface area (Å²) in [5.74, 6) is 3.00. The molecule has 2 fully saturated rings. The van der Waals surface area contributed by atoms with Crippen LogP contribution in [0.25, 0.3) is 0 Å². The van der Waals surface area contributed by atoms with E-state index in [0.717, 1.165) is 77.1 Å². The highest BCUT2D eigenvalue weighted by Crippen LogP contribution is 2.18. The second kappa shape index (κ2) is 10.5. The van der Waals surface area contributed by atoms with Crippen LogP contribution < -0.4 is 15.5 Å². The Kier molecular flexibility index (Phi) is 7.30. The molecule has 2 aromatic heterocycles. The molecule has 0 aromatic carbocycles. The van der Waals surface area contributed by atoms with E-state index >= 15 is 0 Å². The van der Waals surface area contributed by atoms with E-state index in [1.165, 1.54) is 19.3 Å². The van der Waals surface area contributed by atoms with Crippen LogP contribution in [0.1, 0.15) is 25.1 Å². The van der Waals surface area contributed by atoms with Crippen LogP contribution in [0.15, 0.2) is 12.4 Å². The summed E-state index contributed by atoms with van der Waals surface area (Å²) in [7, 11) is 2.18. The molecule has 2 aromatic rings. The second-order valence-electron chi connectivity index (χ2n) is 8.11. The van der Waals surface area contributed by atoms with Gasteiger partial charge in [-0.05, 0) is 26.3 Å². The Morgan fingerprint density at radius 1 is 0.900 bits per heavy atom. The molecule has 0 amide bonds. The van der Waals surface area contributed by atoms with Crippen molar-refractivity contribution in [3.63, 3.8) is 0 Å². The maximum absolute atomic E-state index is 4.72. The van der Waals surface area contributed by atoms with E-state index in [9.17, 15) is 0 Å². The molecule has 0 saturated carbocycles. The van der Waals surface area contributed by atoms with Crippen molar-refractivity contribution in [3.05, 3.63) is 18.2 Å². The number of piperazine rings is 1. The van der Waals surface area contributed by atoms with Crippen LogP contribution in [0, 0.1) is 0 Å². The fourth-order valence-corrected chi connectivity index (χ4v) is 3.88. The largest absolute Gasteiger partial charge is 0.354 e. The normalized spacial score (nSPS) is 18.5. The predicted molar refractivity (Wildman–Crippen MR) is 119 cm³/mol. The van der Waals surface area contributed by atoms with Gasteiger partial charge in [0.25, 0.3) is 0 Å². The lowest BCUT2D eigenvalue weighted by atomic mass is 10.1. The number of anilines is 3. The van der Waals surface area contributed by atoms with Gasteiger partial charge in [0.2, 0.25) is 17.8 Å². The Balaban J connectivity index is 1.36. The number of rotatable bonds is 9. The number of hydrogen-bond donors (Lipinski definition) is 3. The van der Waals surface area contributed by atoms with Gasteiger partial charge in [0.1, 0.15) is 5.82 Å². The van der Waals surface area contributed by atoms with Gasteiger partial charge in [0.15, 0.2) is 0 Å². The fraction of sp³-hybridized carbons (Fsp3) is 0.700. The summed E-state index contributed by atoms with van der Waals surface area (Å²) < 4.78 is 0. The minimum atomic E-state index is 0.624. The molecule has 164 valence electrons. The Morgan fingerprint density at radius 2 is 1.63 bits per heavy atom. The maximum atomic E-state index is 4.72. The molecular weight excluding hydrogens is 380 g/mol. The van der Waals surface area contributed by atoms with E-state index in [2.05, 4.69) is 52.3 Å². The number of likely N-dealkylation sites (N-methyl/N-ethyl adjacent to an activating group) is 1. The Hall–Kier alpha value is -2.46. The van der Waals surface area contributed by atoms with E-state index < -0.39 is 0 Å².